The maximum atomic E-state index is 6.41. The summed E-state index contributed by atoms with van der Waals surface area (Å²) in [5.41, 5.74) is 6.95. The number of fused-ring (bicyclic) bond motifs is 3. The molecule has 1 aliphatic carbocycles. The molecule has 0 saturated carbocycles. The van der Waals surface area contributed by atoms with E-state index in [1.165, 1.54) is 22.4 Å². The van der Waals surface area contributed by atoms with Crippen LogP contribution in [-0.4, -0.2) is 19.9 Å². The van der Waals surface area contributed by atoms with Gasteiger partial charge in [-0.05, 0) is 66.3 Å². The van der Waals surface area contributed by atoms with Crippen molar-refractivity contribution in [3.05, 3.63) is 107 Å². The van der Waals surface area contributed by atoms with Gasteiger partial charge in [0.2, 0.25) is 0 Å². The van der Waals surface area contributed by atoms with E-state index < -0.39 is 0 Å². The van der Waals surface area contributed by atoms with Crippen molar-refractivity contribution in [3.8, 4) is 11.5 Å². The molecule has 1 heterocycles. The van der Waals surface area contributed by atoms with Crippen molar-refractivity contribution >= 4 is 29.2 Å². The monoisotopic (exact) mass is 484 g/mol. The summed E-state index contributed by atoms with van der Waals surface area (Å²) in [4.78, 5) is 4.65. The molecule has 0 spiro atoms. The molecule has 3 atom stereocenters. The van der Waals surface area contributed by atoms with Crippen molar-refractivity contribution in [1.29, 1.82) is 0 Å². The maximum Gasteiger partial charge on any atom is 0.180 e. The van der Waals surface area contributed by atoms with E-state index in [0.717, 1.165) is 17.7 Å². The number of aliphatic imine (C=N–C) groups is 1. The minimum absolute atomic E-state index is 0.273. The molecule has 3 aromatic rings. The van der Waals surface area contributed by atoms with E-state index in [-0.39, 0.29) is 6.04 Å². The van der Waals surface area contributed by atoms with Crippen LogP contribution in [0.4, 0.5) is 11.4 Å². The molecule has 35 heavy (non-hydrogen) atoms. The zero-order valence-electron chi connectivity index (χ0n) is 20.0. The van der Waals surface area contributed by atoms with E-state index in [1.54, 1.807) is 19.4 Å². The lowest BCUT2D eigenvalue weighted by atomic mass is 9.76. The summed E-state index contributed by atoms with van der Waals surface area (Å²) in [5.74, 6) is 2.06. The van der Waals surface area contributed by atoms with Gasteiger partial charge in [-0.1, -0.05) is 66.2 Å². The second-order valence-corrected chi connectivity index (χ2v) is 9.46. The number of methoxy groups -OCH3 is 1. The predicted octanol–water partition coefficient (Wildman–Crippen LogP) is 7.80. The van der Waals surface area contributed by atoms with Gasteiger partial charge in [0, 0.05) is 17.8 Å². The van der Waals surface area contributed by atoms with Gasteiger partial charge < -0.3 is 14.8 Å². The van der Waals surface area contributed by atoms with Crippen LogP contribution in [-0.2, 0) is 0 Å². The molecule has 4 nitrogen and oxygen atoms in total. The number of hydrogen-bond donors (Lipinski definition) is 1. The number of ether oxygens (including phenoxy) is 2. The highest BCUT2D eigenvalue weighted by Crippen LogP contribution is 2.50. The van der Waals surface area contributed by atoms with Crippen LogP contribution in [0, 0.1) is 12.8 Å². The van der Waals surface area contributed by atoms with Gasteiger partial charge in [-0.25, -0.2) is 0 Å². The first kappa shape index (κ1) is 23.3. The van der Waals surface area contributed by atoms with Crippen molar-refractivity contribution in [1.82, 2.24) is 0 Å². The molecule has 1 N–H and O–H groups in total. The highest BCUT2D eigenvalue weighted by Gasteiger charge is 2.37. The Morgan fingerprint density at radius 2 is 1.97 bits per heavy atom. The predicted molar refractivity (Wildman–Crippen MR) is 145 cm³/mol. The van der Waals surface area contributed by atoms with Gasteiger partial charge in [-0.3, -0.25) is 4.99 Å². The van der Waals surface area contributed by atoms with Crippen LogP contribution >= 0.6 is 11.6 Å². The molecule has 178 valence electrons. The van der Waals surface area contributed by atoms with Crippen molar-refractivity contribution in [3.63, 3.8) is 0 Å². The number of hydrogen-bond acceptors (Lipinski definition) is 4. The van der Waals surface area contributed by atoms with Gasteiger partial charge in [0.25, 0.3) is 0 Å². The van der Waals surface area contributed by atoms with Gasteiger partial charge in [0.1, 0.15) is 6.61 Å². The van der Waals surface area contributed by atoms with Crippen LogP contribution < -0.4 is 14.8 Å². The topological polar surface area (TPSA) is 42.8 Å². The normalized spacial score (nSPS) is 20.3. The molecule has 0 aromatic heterocycles. The van der Waals surface area contributed by atoms with Crippen molar-refractivity contribution in [2.24, 2.45) is 10.9 Å². The Balaban J connectivity index is 1.35. The lowest BCUT2D eigenvalue weighted by Crippen LogP contribution is -2.29. The fourth-order valence-corrected chi connectivity index (χ4v) is 5.33. The van der Waals surface area contributed by atoms with E-state index in [1.807, 2.05) is 12.1 Å². The van der Waals surface area contributed by atoms with Gasteiger partial charge in [0.05, 0.1) is 23.9 Å². The van der Waals surface area contributed by atoms with Crippen LogP contribution in [0.2, 0.25) is 5.02 Å². The molecular weight excluding hydrogens is 456 g/mol. The average Bonchev–Trinajstić information content (AvgIpc) is 3.37. The fraction of sp³-hybridized carbons (Fsp3) is 0.233. The van der Waals surface area contributed by atoms with Gasteiger partial charge in [-0.2, -0.15) is 0 Å². The van der Waals surface area contributed by atoms with E-state index in [2.05, 4.69) is 78.4 Å². The fourth-order valence-electron chi connectivity index (χ4n) is 5.06. The molecule has 0 bridgehead atoms. The number of halogens is 1. The Labute approximate surface area is 212 Å². The van der Waals surface area contributed by atoms with Crippen LogP contribution in [0.1, 0.15) is 40.6 Å². The molecule has 0 fully saturated rings. The number of anilines is 1. The Morgan fingerprint density at radius 3 is 2.74 bits per heavy atom. The first-order valence-corrected chi connectivity index (χ1v) is 12.2. The minimum Gasteiger partial charge on any atom is -0.493 e. The Bertz CT molecular complexity index is 1300. The lowest BCUT2D eigenvalue weighted by molar-refractivity contribution is 0.326. The van der Waals surface area contributed by atoms with Crippen molar-refractivity contribution in [2.75, 3.05) is 19.0 Å². The standard InChI is InChI=1S/C30H29ClN2O2/c1-4-14-35-30-26(31)16-20(17-28(30)34-3)18-32-22-11-9-21(10-12-22)29-24-7-5-6-23(24)25-15-19(2)8-13-27(25)33-29/h4-6,8-13,15-18,23-24,29,33H,1,7,14H2,2-3H3/t23-,24+,29+/m1/s1. The molecule has 5 rings (SSSR count). The van der Waals surface area contributed by atoms with E-state index in [0.29, 0.717) is 35.0 Å². The zero-order chi connectivity index (χ0) is 24.4. The number of aryl methyl sites for hydroxylation is 1. The molecule has 0 radical (unpaired) electrons. The second-order valence-electron chi connectivity index (χ2n) is 9.05. The molecule has 0 amide bonds. The lowest BCUT2D eigenvalue weighted by Gasteiger charge is -2.37. The van der Waals surface area contributed by atoms with Crippen LogP contribution in [0.15, 0.2) is 84.4 Å². The van der Waals surface area contributed by atoms with E-state index in [9.17, 15) is 0 Å². The zero-order valence-corrected chi connectivity index (χ0v) is 20.8. The van der Waals surface area contributed by atoms with Gasteiger partial charge in [-0.15, -0.1) is 0 Å². The third-order valence-corrected chi connectivity index (χ3v) is 7.01. The van der Waals surface area contributed by atoms with Crippen LogP contribution in [0.25, 0.3) is 0 Å². The van der Waals surface area contributed by atoms with Crippen molar-refractivity contribution < 1.29 is 9.47 Å². The van der Waals surface area contributed by atoms with Gasteiger partial charge >= 0.3 is 0 Å². The molecular formula is C30H29ClN2O2. The molecule has 0 saturated heterocycles. The molecule has 2 aliphatic rings. The summed E-state index contributed by atoms with van der Waals surface area (Å²) in [6.07, 6.45) is 9.25. The van der Waals surface area contributed by atoms with Gasteiger partial charge in [0.15, 0.2) is 11.5 Å². The largest absolute Gasteiger partial charge is 0.493 e. The first-order chi connectivity index (χ1) is 17.1. The summed E-state index contributed by atoms with van der Waals surface area (Å²) in [6.45, 7) is 6.19. The molecule has 3 aromatic carbocycles. The Morgan fingerprint density at radius 1 is 1.14 bits per heavy atom. The maximum absolute atomic E-state index is 6.41. The number of rotatable bonds is 7. The van der Waals surface area contributed by atoms with Crippen LogP contribution in [0.3, 0.4) is 0 Å². The number of benzene rings is 3. The number of nitrogens with one attached hydrogen (secondary N) is 1. The highest BCUT2D eigenvalue weighted by atomic mass is 35.5. The summed E-state index contributed by atoms with van der Waals surface area (Å²) < 4.78 is 11.1. The Hall–Kier alpha value is -3.50. The summed E-state index contributed by atoms with van der Waals surface area (Å²) in [6, 6.07) is 19.2. The third kappa shape index (κ3) is 4.71. The molecule has 5 heteroatoms. The summed E-state index contributed by atoms with van der Waals surface area (Å²) in [7, 11) is 1.59. The summed E-state index contributed by atoms with van der Waals surface area (Å²) in [5, 5.41) is 4.28. The quantitative estimate of drug-likeness (QED) is 0.275. The highest BCUT2D eigenvalue weighted by molar-refractivity contribution is 6.32. The number of allylic oxidation sites excluding steroid dienone is 2. The van der Waals surface area contributed by atoms with E-state index in [4.69, 9.17) is 21.1 Å². The molecule has 1 aliphatic heterocycles. The minimum atomic E-state index is 0.273. The molecule has 0 unspecified atom stereocenters. The second kappa shape index (κ2) is 10.0. The number of nitrogens with zero attached hydrogens (tertiary/aromatic N) is 1. The average molecular weight is 485 g/mol. The first-order valence-electron chi connectivity index (χ1n) is 11.9. The Kier molecular flexibility index (Phi) is 6.65. The summed E-state index contributed by atoms with van der Waals surface area (Å²) >= 11 is 6.41. The van der Waals surface area contributed by atoms with Crippen LogP contribution in [0.5, 0.6) is 11.5 Å². The smallest absolute Gasteiger partial charge is 0.180 e. The van der Waals surface area contributed by atoms with E-state index >= 15 is 0 Å². The van der Waals surface area contributed by atoms with Crippen molar-refractivity contribution in [2.45, 2.75) is 25.3 Å². The third-order valence-electron chi connectivity index (χ3n) is 6.73. The SMILES string of the molecule is C=CCOc1c(Cl)cc(C=Nc2ccc([C@@H]3Nc4ccc(C)cc4[C@@H]4C=CC[C@@H]43)cc2)cc1OC.